The molecule has 0 aliphatic rings. The number of carboxylic acid groups (broad SMARTS) is 1. The van der Waals surface area contributed by atoms with Gasteiger partial charge in [-0.3, -0.25) is 4.79 Å². The monoisotopic (exact) mass is 173 g/mol. The highest BCUT2D eigenvalue weighted by molar-refractivity contribution is 5.93. The predicted molar refractivity (Wildman–Crippen MR) is 40.0 cm³/mol. The van der Waals surface area contributed by atoms with Crippen LogP contribution in [0.4, 0.5) is 0 Å². The first kappa shape index (κ1) is 10.9. The molecule has 0 aromatic rings. The Balaban J connectivity index is 4.30. The van der Waals surface area contributed by atoms with E-state index >= 15 is 0 Å². The van der Waals surface area contributed by atoms with E-state index < -0.39 is 17.9 Å². The quantitative estimate of drug-likeness (QED) is 0.427. The summed E-state index contributed by atoms with van der Waals surface area (Å²) in [6, 6.07) is 0. The van der Waals surface area contributed by atoms with Crippen LogP contribution in [-0.2, 0) is 14.3 Å². The summed E-state index contributed by atoms with van der Waals surface area (Å²) in [5.74, 6) is -3.53. The van der Waals surface area contributed by atoms with Gasteiger partial charge in [-0.05, 0) is 12.8 Å². The first-order valence-electron chi connectivity index (χ1n) is 3.88. The molecule has 0 aliphatic carbocycles. The molecule has 70 valence electrons. The second kappa shape index (κ2) is 4.74. The molecule has 0 N–H and O–H groups in total. The van der Waals surface area contributed by atoms with Crippen LogP contribution in [0, 0.1) is 11.8 Å². The van der Waals surface area contributed by atoms with Gasteiger partial charge in [0, 0.05) is 0 Å². The highest BCUT2D eigenvalue weighted by Crippen LogP contribution is 2.11. The molecule has 0 aromatic heterocycles. The van der Waals surface area contributed by atoms with Crippen LogP contribution < -0.4 is 5.11 Å². The molecule has 0 saturated carbocycles. The van der Waals surface area contributed by atoms with E-state index in [4.69, 9.17) is 0 Å². The molecule has 0 aromatic carbocycles. The summed E-state index contributed by atoms with van der Waals surface area (Å²) in [4.78, 5) is 21.4. The molecule has 0 radical (unpaired) electrons. The number of esters is 1. The van der Waals surface area contributed by atoms with Crippen LogP contribution in [0.2, 0.25) is 0 Å². The van der Waals surface area contributed by atoms with E-state index in [9.17, 15) is 14.7 Å². The first-order chi connectivity index (χ1) is 5.50. The minimum atomic E-state index is -1.37. The Labute approximate surface area is 71.5 Å². The van der Waals surface area contributed by atoms with Crippen LogP contribution in [0.1, 0.15) is 20.8 Å². The lowest BCUT2D eigenvalue weighted by atomic mass is 9.96. The van der Waals surface area contributed by atoms with E-state index in [1.165, 1.54) is 0 Å². The molecule has 4 heteroatoms. The van der Waals surface area contributed by atoms with Crippen LogP contribution in [0.15, 0.2) is 0 Å². The van der Waals surface area contributed by atoms with Crippen molar-refractivity contribution in [2.75, 3.05) is 6.61 Å². The van der Waals surface area contributed by atoms with Crippen molar-refractivity contribution in [1.29, 1.82) is 0 Å². The number of rotatable bonds is 4. The van der Waals surface area contributed by atoms with Crippen molar-refractivity contribution in [2.45, 2.75) is 20.8 Å². The Kier molecular flexibility index (Phi) is 4.33. The lowest BCUT2D eigenvalue weighted by Crippen LogP contribution is -2.40. The van der Waals surface area contributed by atoms with Crippen molar-refractivity contribution in [1.82, 2.24) is 0 Å². The summed E-state index contributed by atoms with van der Waals surface area (Å²) in [6.45, 7) is 5.09. The molecule has 0 saturated heterocycles. The highest BCUT2D eigenvalue weighted by Gasteiger charge is 2.24. The molecule has 1 unspecified atom stereocenters. The van der Waals surface area contributed by atoms with Crippen LogP contribution in [0.25, 0.3) is 0 Å². The number of ether oxygens (including phenoxy) is 1. The summed E-state index contributed by atoms with van der Waals surface area (Å²) < 4.78 is 4.57. The van der Waals surface area contributed by atoms with Crippen molar-refractivity contribution in [3.63, 3.8) is 0 Å². The molecular weight excluding hydrogens is 160 g/mol. The van der Waals surface area contributed by atoms with Gasteiger partial charge >= 0.3 is 5.97 Å². The summed E-state index contributed by atoms with van der Waals surface area (Å²) >= 11 is 0. The third-order valence-corrected chi connectivity index (χ3v) is 1.46. The van der Waals surface area contributed by atoms with Crippen molar-refractivity contribution >= 4 is 11.9 Å². The van der Waals surface area contributed by atoms with E-state index in [0.29, 0.717) is 0 Å². The number of carboxylic acids is 1. The molecule has 0 aliphatic heterocycles. The largest absolute Gasteiger partial charge is 0.549 e. The topological polar surface area (TPSA) is 66.4 Å². The van der Waals surface area contributed by atoms with E-state index in [1.807, 2.05) is 0 Å². The zero-order valence-electron chi connectivity index (χ0n) is 7.49. The molecule has 0 heterocycles. The van der Waals surface area contributed by atoms with E-state index in [0.717, 1.165) is 0 Å². The Bertz CT molecular complexity index is 174. The van der Waals surface area contributed by atoms with Crippen molar-refractivity contribution in [2.24, 2.45) is 11.8 Å². The maximum Gasteiger partial charge on any atom is 0.314 e. The van der Waals surface area contributed by atoms with Crippen LogP contribution in [0.3, 0.4) is 0 Å². The maximum atomic E-state index is 11.0. The van der Waals surface area contributed by atoms with Crippen LogP contribution in [0.5, 0.6) is 0 Å². The second-order valence-corrected chi connectivity index (χ2v) is 2.79. The smallest absolute Gasteiger partial charge is 0.314 e. The fourth-order valence-corrected chi connectivity index (χ4v) is 0.873. The van der Waals surface area contributed by atoms with Gasteiger partial charge < -0.3 is 14.6 Å². The predicted octanol–water partition coefficient (Wildman–Crippen LogP) is -0.428. The van der Waals surface area contributed by atoms with Gasteiger partial charge in [0.1, 0.15) is 0 Å². The van der Waals surface area contributed by atoms with Crippen molar-refractivity contribution in [3.8, 4) is 0 Å². The second-order valence-electron chi connectivity index (χ2n) is 2.79. The average molecular weight is 173 g/mol. The summed E-state index contributed by atoms with van der Waals surface area (Å²) in [6.07, 6.45) is 0. The van der Waals surface area contributed by atoms with Crippen molar-refractivity contribution < 1.29 is 19.4 Å². The van der Waals surface area contributed by atoms with Crippen LogP contribution in [-0.4, -0.2) is 18.5 Å². The van der Waals surface area contributed by atoms with Gasteiger partial charge in [-0.15, -0.1) is 0 Å². The molecule has 1 atom stereocenters. The van der Waals surface area contributed by atoms with Gasteiger partial charge in [-0.2, -0.15) is 0 Å². The summed E-state index contributed by atoms with van der Waals surface area (Å²) in [5, 5.41) is 10.4. The van der Waals surface area contributed by atoms with Crippen LogP contribution >= 0.6 is 0 Å². The Morgan fingerprint density at radius 3 is 2.17 bits per heavy atom. The zero-order valence-corrected chi connectivity index (χ0v) is 7.49. The summed E-state index contributed by atoms with van der Waals surface area (Å²) in [5.41, 5.74) is 0. The normalized spacial score (nSPS) is 12.7. The molecule has 0 rings (SSSR count). The molecule has 0 amide bonds. The van der Waals surface area contributed by atoms with E-state index in [1.54, 1.807) is 20.8 Å². The fraction of sp³-hybridized carbons (Fsp3) is 0.750. The Hall–Kier alpha value is -1.06. The van der Waals surface area contributed by atoms with Crippen molar-refractivity contribution in [3.05, 3.63) is 0 Å². The van der Waals surface area contributed by atoms with E-state index in [-0.39, 0.29) is 12.5 Å². The number of carbonyl (C=O) groups is 2. The lowest BCUT2D eigenvalue weighted by Gasteiger charge is -2.19. The van der Waals surface area contributed by atoms with Gasteiger partial charge in [0.05, 0.1) is 18.5 Å². The van der Waals surface area contributed by atoms with Gasteiger partial charge in [-0.1, -0.05) is 13.8 Å². The minimum absolute atomic E-state index is 0.190. The third kappa shape index (κ3) is 2.90. The SMILES string of the molecule is CCOC(=O)C(C(=O)[O-])C(C)C. The van der Waals surface area contributed by atoms with Gasteiger partial charge in [-0.25, -0.2) is 0 Å². The first-order valence-corrected chi connectivity index (χ1v) is 3.88. The van der Waals surface area contributed by atoms with Gasteiger partial charge in [0.15, 0.2) is 0 Å². The van der Waals surface area contributed by atoms with Gasteiger partial charge in [0.2, 0.25) is 0 Å². The molecule has 0 spiro atoms. The zero-order chi connectivity index (χ0) is 9.72. The molecule has 12 heavy (non-hydrogen) atoms. The number of aliphatic carboxylic acids is 1. The minimum Gasteiger partial charge on any atom is -0.549 e. The maximum absolute atomic E-state index is 11.0. The highest BCUT2D eigenvalue weighted by atomic mass is 16.5. The third-order valence-electron chi connectivity index (χ3n) is 1.46. The standard InChI is InChI=1S/C8H14O4/c1-4-12-8(11)6(5(2)3)7(9)10/h5-6H,4H2,1-3H3,(H,9,10)/p-1. The number of carbonyl (C=O) groups excluding carboxylic acids is 2. The molecular formula is C8H13O4-. The molecule has 0 fully saturated rings. The lowest BCUT2D eigenvalue weighted by molar-refractivity contribution is -0.312. The van der Waals surface area contributed by atoms with Gasteiger partial charge in [0.25, 0.3) is 0 Å². The van der Waals surface area contributed by atoms with E-state index in [2.05, 4.69) is 4.74 Å². The Morgan fingerprint density at radius 2 is 1.92 bits per heavy atom. The average Bonchev–Trinajstić information content (AvgIpc) is 1.85. The Morgan fingerprint density at radius 1 is 1.42 bits per heavy atom. The summed E-state index contributed by atoms with van der Waals surface area (Å²) in [7, 11) is 0. The fourth-order valence-electron chi connectivity index (χ4n) is 0.873. The number of hydrogen-bond donors (Lipinski definition) is 0. The molecule has 0 bridgehead atoms. The number of hydrogen-bond acceptors (Lipinski definition) is 4. The molecule has 4 nitrogen and oxygen atoms in total.